The van der Waals surface area contributed by atoms with E-state index in [1.807, 2.05) is 6.92 Å². The fraction of sp³-hybridized carbons (Fsp3) is 1.00. The molecule has 1 saturated heterocycles. The number of nitrogens with one attached hydrogen (secondary N) is 1. The van der Waals surface area contributed by atoms with E-state index in [0.717, 1.165) is 19.3 Å². The summed E-state index contributed by atoms with van der Waals surface area (Å²) >= 11 is 0. The molecule has 4 nitrogen and oxygen atoms in total. The Kier molecular flexibility index (Phi) is 4.55. The predicted molar refractivity (Wildman–Crippen MR) is 59.9 cm³/mol. The highest BCUT2D eigenvalue weighted by atomic mass is 32.2. The third kappa shape index (κ3) is 3.74. The van der Waals surface area contributed by atoms with Gasteiger partial charge in [0.15, 0.2) is 5.94 Å². The summed E-state index contributed by atoms with van der Waals surface area (Å²) in [4.78, 5) is 0. The maximum absolute atomic E-state index is 11.3. The molecule has 1 fully saturated rings. The molecule has 1 aliphatic rings. The molecule has 0 aromatic rings. The maximum Gasteiger partial charge on any atom is 0.236 e. The van der Waals surface area contributed by atoms with Gasteiger partial charge >= 0.3 is 0 Å². The average Bonchev–Trinajstić information content (AvgIpc) is 2.19. The topological polar surface area (TPSA) is 55.4 Å². The van der Waals surface area contributed by atoms with Gasteiger partial charge in [0, 0.05) is 6.04 Å². The standard InChI is InChI=1S/C10H21NO3S/c1-4-9(5-2)6-10-8(3)14-7-15(12,13)11-10/h8-11H,4-7H2,1-3H3. The van der Waals surface area contributed by atoms with E-state index in [9.17, 15) is 8.42 Å². The minimum Gasteiger partial charge on any atom is -0.360 e. The van der Waals surface area contributed by atoms with Gasteiger partial charge in [0.25, 0.3) is 0 Å². The van der Waals surface area contributed by atoms with Crippen LogP contribution in [-0.4, -0.2) is 26.5 Å². The Balaban J connectivity index is 2.58. The summed E-state index contributed by atoms with van der Waals surface area (Å²) < 4.78 is 30.6. The molecule has 0 spiro atoms. The molecule has 0 radical (unpaired) electrons. The Hall–Kier alpha value is -0.130. The van der Waals surface area contributed by atoms with Crippen molar-refractivity contribution in [2.45, 2.75) is 52.2 Å². The molecule has 5 heteroatoms. The van der Waals surface area contributed by atoms with Crippen molar-refractivity contribution in [3.63, 3.8) is 0 Å². The second kappa shape index (κ2) is 5.27. The molecule has 1 rings (SSSR count). The zero-order chi connectivity index (χ0) is 11.5. The molecular weight excluding hydrogens is 214 g/mol. The Morgan fingerprint density at radius 3 is 2.53 bits per heavy atom. The summed E-state index contributed by atoms with van der Waals surface area (Å²) in [5.74, 6) is 0.370. The third-order valence-electron chi connectivity index (χ3n) is 3.13. The average molecular weight is 235 g/mol. The quantitative estimate of drug-likeness (QED) is 0.803. The van der Waals surface area contributed by atoms with Crippen LogP contribution in [0, 0.1) is 5.92 Å². The van der Waals surface area contributed by atoms with Crippen molar-refractivity contribution in [1.29, 1.82) is 0 Å². The van der Waals surface area contributed by atoms with Crippen LogP contribution in [0.5, 0.6) is 0 Å². The molecule has 90 valence electrons. The van der Waals surface area contributed by atoms with Crippen molar-refractivity contribution in [3.8, 4) is 0 Å². The molecule has 1 heterocycles. The molecule has 1 N–H and O–H groups in total. The third-order valence-corrected chi connectivity index (χ3v) is 4.23. The van der Waals surface area contributed by atoms with Crippen LogP contribution in [0.3, 0.4) is 0 Å². The van der Waals surface area contributed by atoms with Gasteiger partial charge in [-0.05, 0) is 19.3 Å². The van der Waals surface area contributed by atoms with E-state index in [1.165, 1.54) is 0 Å². The number of hydrogen-bond acceptors (Lipinski definition) is 3. The monoisotopic (exact) mass is 235 g/mol. The molecule has 1 aliphatic heterocycles. The molecule has 0 aromatic heterocycles. The summed E-state index contributed by atoms with van der Waals surface area (Å²) in [6.45, 7) is 6.20. The van der Waals surface area contributed by atoms with E-state index in [2.05, 4.69) is 18.6 Å². The molecule has 2 unspecified atom stereocenters. The van der Waals surface area contributed by atoms with Gasteiger partial charge in [-0.1, -0.05) is 26.7 Å². The molecule has 0 saturated carbocycles. The van der Waals surface area contributed by atoms with Crippen molar-refractivity contribution in [2.75, 3.05) is 5.94 Å². The lowest BCUT2D eigenvalue weighted by Crippen LogP contribution is -2.50. The van der Waals surface area contributed by atoms with Crippen LogP contribution in [0.2, 0.25) is 0 Å². The van der Waals surface area contributed by atoms with Gasteiger partial charge in [0.05, 0.1) is 6.10 Å². The summed E-state index contributed by atoms with van der Waals surface area (Å²) in [5, 5.41) is 0. The van der Waals surface area contributed by atoms with E-state index in [0.29, 0.717) is 5.92 Å². The minimum atomic E-state index is -3.20. The molecule has 0 aliphatic carbocycles. The van der Waals surface area contributed by atoms with Gasteiger partial charge in [-0.3, -0.25) is 0 Å². The van der Waals surface area contributed by atoms with Crippen LogP contribution in [0.15, 0.2) is 0 Å². The molecular formula is C10H21NO3S. The lowest BCUT2D eigenvalue weighted by atomic mass is 9.93. The van der Waals surface area contributed by atoms with Crippen LogP contribution in [0.25, 0.3) is 0 Å². The number of hydrogen-bond donors (Lipinski definition) is 1. The van der Waals surface area contributed by atoms with Crippen LogP contribution >= 0.6 is 0 Å². The summed E-state index contributed by atoms with van der Waals surface area (Å²) in [5.41, 5.74) is 0. The smallest absolute Gasteiger partial charge is 0.236 e. The van der Waals surface area contributed by atoms with Gasteiger partial charge in [0.2, 0.25) is 10.0 Å². The van der Waals surface area contributed by atoms with Crippen molar-refractivity contribution in [1.82, 2.24) is 4.72 Å². The zero-order valence-electron chi connectivity index (χ0n) is 9.69. The SMILES string of the molecule is CCC(CC)CC1NS(=O)(=O)COC1C. The van der Waals surface area contributed by atoms with Crippen LogP contribution < -0.4 is 4.72 Å². The van der Waals surface area contributed by atoms with Crippen molar-refractivity contribution in [3.05, 3.63) is 0 Å². The second-order valence-corrected chi connectivity index (χ2v) is 5.95. The summed E-state index contributed by atoms with van der Waals surface area (Å²) in [6.07, 6.45) is 3.02. The number of rotatable bonds is 4. The van der Waals surface area contributed by atoms with E-state index < -0.39 is 10.0 Å². The number of sulfonamides is 1. The van der Waals surface area contributed by atoms with Crippen LogP contribution in [-0.2, 0) is 14.8 Å². The van der Waals surface area contributed by atoms with Crippen molar-refractivity contribution in [2.24, 2.45) is 5.92 Å². The first-order chi connectivity index (χ1) is 6.98. The zero-order valence-corrected chi connectivity index (χ0v) is 10.5. The second-order valence-electron chi connectivity index (χ2n) is 4.25. The first-order valence-electron chi connectivity index (χ1n) is 5.60. The number of ether oxygens (including phenoxy) is 1. The fourth-order valence-corrected chi connectivity index (χ4v) is 3.11. The van der Waals surface area contributed by atoms with E-state index in [-0.39, 0.29) is 18.1 Å². The van der Waals surface area contributed by atoms with E-state index in [1.54, 1.807) is 0 Å². The van der Waals surface area contributed by atoms with Gasteiger partial charge < -0.3 is 4.74 Å². The lowest BCUT2D eigenvalue weighted by molar-refractivity contribution is 0.0525. The summed E-state index contributed by atoms with van der Waals surface area (Å²) in [6, 6.07) is -0.0614. The summed E-state index contributed by atoms with van der Waals surface area (Å²) in [7, 11) is -3.20. The Labute approximate surface area is 92.4 Å². The Morgan fingerprint density at radius 1 is 1.40 bits per heavy atom. The van der Waals surface area contributed by atoms with Crippen LogP contribution in [0.1, 0.15) is 40.0 Å². The van der Waals surface area contributed by atoms with Gasteiger partial charge in [-0.25, -0.2) is 13.1 Å². The largest absolute Gasteiger partial charge is 0.360 e. The predicted octanol–water partition coefficient (Wildman–Crippen LogP) is 1.48. The molecule has 0 aromatic carbocycles. The Morgan fingerprint density at radius 2 is 2.00 bits per heavy atom. The molecule has 0 amide bonds. The highest BCUT2D eigenvalue weighted by Gasteiger charge is 2.31. The molecule has 0 bridgehead atoms. The normalized spacial score (nSPS) is 30.7. The van der Waals surface area contributed by atoms with Gasteiger partial charge in [0.1, 0.15) is 0 Å². The van der Waals surface area contributed by atoms with E-state index >= 15 is 0 Å². The van der Waals surface area contributed by atoms with Crippen molar-refractivity contribution < 1.29 is 13.2 Å². The van der Waals surface area contributed by atoms with Gasteiger partial charge in [-0.2, -0.15) is 0 Å². The minimum absolute atomic E-state index is 0.0193. The fourth-order valence-electron chi connectivity index (χ4n) is 1.89. The molecule has 2 atom stereocenters. The maximum atomic E-state index is 11.3. The lowest BCUT2D eigenvalue weighted by Gasteiger charge is -2.32. The van der Waals surface area contributed by atoms with E-state index in [4.69, 9.17) is 4.74 Å². The van der Waals surface area contributed by atoms with Crippen molar-refractivity contribution >= 4 is 10.0 Å². The van der Waals surface area contributed by atoms with Crippen LogP contribution in [0.4, 0.5) is 0 Å². The Bertz CT molecular complexity index is 285. The van der Waals surface area contributed by atoms with Gasteiger partial charge in [-0.15, -0.1) is 0 Å². The highest BCUT2D eigenvalue weighted by Crippen LogP contribution is 2.20. The molecule has 15 heavy (non-hydrogen) atoms. The first-order valence-corrected chi connectivity index (χ1v) is 7.25. The highest BCUT2D eigenvalue weighted by molar-refractivity contribution is 7.89. The first kappa shape index (κ1) is 12.9.